The van der Waals surface area contributed by atoms with Gasteiger partial charge in [0.25, 0.3) is 0 Å². The molecule has 1 aromatic heterocycles. The van der Waals surface area contributed by atoms with Gasteiger partial charge >= 0.3 is 0 Å². The Kier molecular flexibility index (Phi) is 3.65. The number of hydrogen-bond donors (Lipinski definition) is 1. The van der Waals surface area contributed by atoms with Crippen molar-refractivity contribution in [2.24, 2.45) is 0 Å². The van der Waals surface area contributed by atoms with Gasteiger partial charge in [-0.25, -0.2) is 0 Å². The van der Waals surface area contributed by atoms with E-state index < -0.39 is 0 Å². The van der Waals surface area contributed by atoms with Gasteiger partial charge in [-0.3, -0.25) is 9.88 Å². The van der Waals surface area contributed by atoms with Gasteiger partial charge in [0.05, 0.1) is 5.52 Å². The first-order chi connectivity index (χ1) is 9.34. The van der Waals surface area contributed by atoms with E-state index >= 15 is 0 Å². The number of nitrogens with two attached hydrogens (primary N) is 1. The zero-order chi connectivity index (χ0) is 13.1. The number of aromatic nitrogens is 1. The second kappa shape index (κ2) is 5.57. The van der Waals surface area contributed by atoms with E-state index in [0.29, 0.717) is 0 Å². The molecule has 2 heterocycles. The largest absolute Gasteiger partial charge is 0.398 e. The standard InChI is InChI=1S/C16H21N3/c17-15-8-7-13(16-14(15)6-5-9-18-16)12-19-10-3-1-2-4-11-19/h5-9H,1-4,10-12,17H2. The summed E-state index contributed by atoms with van der Waals surface area (Å²) < 4.78 is 0. The van der Waals surface area contributed by atoms with Gasteiger partial charge in [-0.2, -0.15) is 0 Å². The molecule has 19 heavy (non-hydrogen) atoms. The summed E-state index contributed by atoms with van der Waals surface area (Å²) in [5.41, 5.74) is 9.21. The van der Waals surface area contributed by atoms with E-state index in [2.05, 4.69) is 22.0 Å². The summed E-state index contributed by atoms with van der Waals surface area (Å²) in [5, 5.41) is 1.08. The van der Waals surface area contributed by atoms with Gasteiger partial charge in [0.1, 0.15) is 0 Å². The van der Waals surface area contributed by atoms with Crippen molar-refractivity contribution in [1.29, 1.82) is 0 Å². The van der Waals surface area contributed by atoms with E-state index in [0.717, 1.165) is 23.1 Å². The fourth-order valence-electron chi connectivity index (χ4n) is 2.92. The highest BCUT2D eigenvalue weighted by atomic mass is 15.1. The second-order valence-electron chi connectivity index (χ2n) is 5.40. The summed E-state index contributed by atoms with van der Waals surface area (Å²) in [7, 11) is 0. The molecule has 2 N–H and O–H groups in total. The Morgan fingerprint density at radius 1 is 1.05 bits per heavy atom. The number of nitrogens with zero attached hydrogens (tertiary/aromatic N) is 2. The molecule has 1 aromatic carbocycles. The third-order valence-corrected chi connectivity index (χ3v) is 3.98. The minimum absolute atomic E-state index is 0.822. The minimum Gasteiger partial charge on any atom is -0.398 e. The molecule has 1 saturated heterocycles. The van der Waals surface area contributed by atoms with Crippen molar-refractivity contribution < 1.29 is 0 Å². The molecule has 1 aliphatic rings. The molecule has 0 bridgehead atoms. The molecule has 0 radical (unpaired) electrons. The maximum absolute atomic E-state index is 6.03. The average molecular weight is 255 g/mol. The maximum Gasteiger partial charge on any atom is 0.0767 e. The summed E-state index contributed by atoms with van der Waals surface area (Å²) in [5.74, 6) is 0. The molecule has 1 fully saturated rings. The molecule has 0 unspecified atom stereocenters. The fourth-order valence-corrected chi connectivity index (χ4v) is 2.92. The number of fused-ring (bicyclic) bond motifs is 1. The van der Waals surface area contributed by atoms with Crippen molar-refractivity contribution in [3.63, 3.8) is 0 Å². The normalized spacial score (nSPS) is 17.5. The van der Waals surface area contributed by atoms with Crippen LogP contribution in [-0.2, 0) is 6.54 Å². The van der Waals surface area contributed by atoms with E-state index in [1.807, 2.05) is 18.3 Å². The van der Waals surface area contributed by atoms with Gasteiger partial charge in [0.15, 0.2) is 0 Å². The number of pyridine rings is 1. The molecule has 0 spiro atoms. The van der Waals surface area contributed by atoms with Crippen molar-refractivity contribution in [2.45, 2.75) is 32.2 Å². The lowest BCUT2D eigenvalue weighted by Crippen LogP contribution is -2.24. The lowest BCUT2D eigenvalue weighted by Gasteiger charge is -2.20. The summed E-state index contributed by atoms with van der Waals surface area (Å²) in [4.78, 5) is 7.07. The van der Waals surface area contributed by atoms with Gasteiger partial charge in [-0.15, -0.1) is 0 Å². The van der Waals surface area contributed by atoms with Gasteiger partial charge in [0.2, 0.25) is 0 Å². The van der Waals surface area contributed by atoms with Crippen LogP contribution in [0.2, 0.25) is 0 Å². The molecular formula is C16H21N3. The predicted molar refractivity (Wildman–Crippen MR) is 79.9 cm³/mol. The Morgan fingerprint density at radius 3 is 2.63 bits per heavy atom. The minimum atomic E-state index is 0.822. The number of anilines is 1. The van der Waals surface area contributed by atoms with Gasteiger partial charge in [-0.05, 0) is 49.7 Å². The van der Waals surface area contributed by atoms with Crippen LogP contribution in [0.4, 0.5) is 5.69 Å². The maximum atomic E-state index is 6.03. The van der Waals surface area contributed by atoms with Crippen LogP contribution in [-0.4, -0.2) is 23.0 Å². The zero-order valence-corrected chi connectivity index (χ0v) is 11.3. The topological polar surface area (TPSA) is 42.1 Å². The monoisotopic (exact) mass is 255 g/mol. The molecule has 0 saturated carbocycles. The Labute approximate surface area is 114 Å². The van der Waals surface area contributed by atoms with Gasteiger partial charge in [0, 0.05) is 23.8 Å². The van der Waals surface area contributed by atoms with E-state index in [1.54, 1.807) is 0 Å². The van der Waals surface area contributed by atoms with Crippen LogP contribution in [0.25, 0.3) is 10.9 Å². The summed E-state index contributed by atoms with van der Waals surface area (Å²) in [6.07, 6.45) is 7.24. The molecule has 1 aliphatic heterocycles. The van der Waals surface area contributed by atoms with Crippen molar-refractivity contribution in [2.75, 3.05) is 18.8 Å². The SMILES string of the molecule is Nc1ccc(CN2CCCCCC2)c2ncccc12. The van der Waals surface area contributed by atoms with Crippen LogP contribution in [0.15, 0.2) is 30.5 Å². The average Bonchev–Trinajstić information content (AvgIpc) is 2.71. The van der Waals surface area contributed by atoms with Crippen molar-refractivity contribution >= 4 is 16.6 Å². The van der Waals surface area contributed by atoms with Crippen LogP contribution < -0.4 is 5.73 Å². The fraction of sp³-hybridized carbons (Fsp3) is 0.438. The first-order valence-corrected chi connectivity index (χ1v) is 7.19. The molecule has 3 heteroatoms. The van der Waals surface area contributed by atoms with Crippen molar-refractivity contribution in [1.82, 2.24) is 9.88 Å². The summed E-state index contributed by atoms with van der Waals surface area (Å²) in [6.45, 7) is 3.41. The zero-order valence-electron chi connectivity index (χ0n) is 11.3. The Hall–Kier alpha value is -1.61. The van der Waals surface area contributed by atoms with Crippen LogP contribution >= 0.6 is 0 Å². The highest BCUT2D eigenvalue weighted by molar-refractivity contribution is 5.92. The van der Waals surface area contributed by atoms with Crippen molar-refractivity contribution in [3.8, 4) is 0 Å². The third kappa shape index (κ3) is 2.71. The van der Waals surface area contributed by atoms with Crippen LogP contribution in [0.1, 0.15) is 31.2 Å². The van der Waals surface area contributed by atoms with E-state index in [-0.39, 0.29) is 0 Å². The van der Waals surface area contributed by atoms with Gasteiger partial charge in [-0.1, -0.05) is 18.9 Å². The highest BCUT2D eigenvalue weighted by Crippen LogP contribution is 2.24. The first kappa shape index (κ1) is 12.4. The molecule has 100 valence electrons. The van der Waals surface area contributed by atoms with Crippen LogP contribution in [0.3, 0.4) is 0 Å². The molecule has 2 aromatic rings. The molecule has 0 atom stereocenters. The summed E-state index contributed by atoms with van der Waals surface area (Å²) in [6, 6.07) is 8.16. The second-order valence-corrected chi connectivity index (χ2v) is 5.40. The molecular weight excluding hydrogens is 234 g/mol. The van der Waals surface area contributed by atoms with E-state index in [9.17, 15) is 0 Å². The number of nitrogen functional groups attached to an aromatic ring is 1. The lowest BCUT2D eigenvalue weighted by molar-refractivity contribution is 0.278. The molecule has 0 amide bonds. The van der Waals surface area contributed by atoms with Crippen LogP contribution in [0, 0.1) is 0 Å². The number of likely N-dealkylation sites (tertiary alicyclic amines) is 1. The number of rotatable bonds is 2. The van der Waals surface area contributed by atoms with Crippen molar-refractivity contribution in [3.05, 3.63) is 36.0 Å². The number of benzene rings is 1. The lowest BCUT2D eigenvalue weighted by atomic mass is 10.1. The summed E-state index contributed by atoms with van der Waals surface area (Å²) >= 11 is 0. The first-order valence-electron chi connectivity index (χ1n) is 7.19. The third-order valence-electron chi connectivity index (χ3n) is 3.98. The van der Waals surface area contributed by atoms with Crippen LogP contribution in [0.5, 0.6) is 0 Å². The smallest absolute Gasteiger partial charge is 0.0767 e. The Bertz CT molecular complexity index is 557. The van der Waals surface area contributed by atoms with E-state index in [4.69, 9.17) is 5.73 Å². The Morgan fingerprint density at radius 2 is 1.84 bits per heavy atom. The van der Waals surface area contributed by atoms with Gasteiger partial charge < -0.3 is 5.73 Å². The highest BCUT2D eigenvalue weighted by Gasteiger charge is 2.12. The molecule has 3 nitrogen and oxygen atoms in total. The Balaban J connectivity index is 1.90. The molecule has 0 aliphatic carbocycles. The quantitative estimate of drug-likeness (QED) is 0.838. The van der Waals surface area contributed by atoms with E-state index in [1.165, 1.54) is 44.3 Å². The molecule has 3 rings (SSSR count). The predicted octanol–water partition coefficient (Wildman–Crippen LogP) is 3.19. The number of hydrogen-bond acceptors (Lipinski definition) is 3.